The smallest absolute Gasteiger partial charge is 0.254 e. The quantitative estimate of drug-likeness (QED) is 0.835. The van der Waals surface area contributed by atoms with Crippen molar-refractivity contribution in [2.45, 2.75) is 12.5 Å². The van der Waals surface area contributed by atoms with Gasteiger partial charge < -0.3 is 19.7 Å². The molecule has 1 amide bonds. The molecule has 0 saturated carbocycles. The van der Waals surface area contributed by atoms with Crippen LogP contribution in [0.2, 0.25) is 0 Å². The minimum atomic E-state index is 0.0386. The molecule has 0 aromatic heterocycles. The summed E-state index contributed by atoms with van der Waals surface area (Å²) in [5, 5.41) is 3.37. The Morgan fingerprint density at radius 3 is 2.38 bits per heavy atom. The molecular weight excluding hydrogens is 374 g/mol. The fourth-order valence-electron chi connectivity index (χ4n) is 3.45. The summed E-state index contributed by atoms with van der Waals surface area (Å²) < 4.78 is 11.4. The third-order valence-electron chi connectivity index (χ3n) is 4.81. The maximum absolute atomic E-state index is 12.9. The van der Waals surface area contributed by atoms with Crippen molar-refractivity contribution in [2.24, 2.45) is 0 Å². The van der Waals surface area contributed by atoms with Gasteiger partial charge in [0.2, 0.25) is 0 Å². The average Bonchev–Trinajstić information content (AvgIpc) is 3.12. The van der Waals surface area contributed by atoms with Crippen LogP contribution in [-0.4, -0.2) is 75.2 Å². The van der Waals surface area contributed by atoms with Gasteiger partial charge in [0.15, 0.2) is 0 Å². The first-order valence-corrected chi connectivity index (χ1v) is 9.09. The molecule has 0 aliphatic carbocycles. The Morgan fingerprint density at radius 2 is 1.79 bits per heavy atom. The number of methoxy groups -OCH3 is 2. The fraction of sp³-hybridized carbons (Fsp3) is 0.588. The summed E-state index contributed by atoms with van der Waals surface area (Å²) in [4.78, 5) is 17.3. The van der Waals surface area contributed by atoms with Crippen LogP contribution in [0.15, 0.2) is 16.6 Å². The largest absolute Gasteiger partial charge is 0.495 e. The van der Waals surface area contributed by atoms with Crippen LogP contribution in [0.25, 0.3) is 0 Å². The number of benzene rings is 1. The summed E-state index contributed by atoms with van der Waals surface area (Å²) in [6, 6.07) is 4.01. The molecule has 3 rings (SSSR count). The first kappa shape index (κ1) is 17.5. The molecule has 1 atom stereocenters. The zero-order valence-electron chi connectivity index (χ0n) is 14.2. The van der Waals surface area contributed by atoms with E-state index in [1.807, 2.05) is 4.90 Å². The Bertz CT molecular complexity index is 580. The molecule has 1 N–H and O–H groups in total. The molecule has 2 aliphatic rings. The zero-order chi connectivity index (χ0) is 17.1. The molecule has 7 heteroatoms. The summed E-state index contributed by atoms with van der Waals surface area (Å²) in [5.74, 6) is 1.25. The topological polar surface area (TPSA) is 54.0 Å². The van der Waals surface area contributed by atoms with Crippen molar-refractivity contribution in [3.05, 3.63) is 22.2 Å². The summed E-state index contributed by atoms with van der Waals surface area (Å²) in [5.41, 5.74) is 0.605. The third kappa shape index (κ3) is 3.53. The fourth-order valence-corrected chi connectivity index (χ4v) is 4.00. The third-order valence-corrected chi connectivity index (χ3v) is 5.59. The van der Waals surface area contributed by atoms with Gasteiger partial charge >= 0.3 is 0 Å². The molecule has 2 aliphatic heterocycles. The van der Waals surface area contributed by atoms with Crippen molar-refractivity contribution in [1.29, 1.82) is 0 Å². The van der Waals surface area contributed by atoms with Crippen LogP contribution in [0.4, 0.5) is 0 Å². The maximum atomic E-state index is 12.9. The first-order valence-electron chi connectivity index (χ1n) is 8.29. The van der Waals surface area contributed by atoms with Crippen LogP contribution >= 0.6 is 15.9 Å². The molecule has 2 fully saturated rings. The molecule has 132 valence electrons. The molecule has 2 saturated heterocycles. The highest BCUT2D eigenvalue weighted by Crippen LogP contribution is 2.36. The lowest BCUT2D eigenvalue weighted by Crippen LogP contribution is -2.49. The number of likely N-dealkylation sites (tertiary alicyclic amines) is 1. The number of carbonyl (C=O) groups is 1. The summed E-state index contributed by atoms with van der Waals surface area (Å²) in [7, 11) is 3.17. The van der Waals surface area contributed by atoms with Gasteiger partial charge in [0, 0.05) is 50.9 Å². The van der Waals surface area contributed by atoms with Gasteiger partial charge in [0.1, 0.15) is 16.0 Å². The zero-order valence-corrected chi connectivity index (χ0v) is 15.8. The minimum Gasteiger partial charge on any atom is -0.495 e. The van der Waals surface area contributed by atoms with Crippen LogP contribution in [0, 0.1) is 0 Å². The van der Waals surface area contributed by atoms with E-state index in [0.29, 0.717) is 23.1 Å². The number of carbonyl (C=O) groups excluding carboxylic acids is 1. The Kier molecular flexibility index (Phi) is 5.63. The Labute approximate surface area is 151 Å². The standard InChI is InChI=1S/C17H24BrN3O3/c1-23-14-9-12(10-15(24-2)16(14)18)17(22)21-6-3-13(11-21)20-7-4-19-5-8-20/h9-10,13,19H,3-8,11H2,1-2H3. The lowest BCUT2D eigenvalue weighted by Gasteiger charge is -2.32. The number of hydrogen-bond donors (Lipinski definition) is 1. The van der Waals surface area contributed by atoms with Gasteiger partial charge in [0.05, 0.1) is 14.2 Å². The normalized spacial score (nSPS) is 21.8. The highest BCUT2D eigenvalue weighted by molar-refractivity contribution is 9.10. The molecule has 1 unspecified atom stereocenters. The SMILES string of the molecule is COc1cc(C(=O)N2CCC(N3CCNCC3)C2)cc(OC)c1Br. The number of nitrogens with zero attached hydrogens (tertiary/aromatic N) is 2. The number of nitrogens with one attached hydrogen (secondary N) is 1. The van der Waals surface area contributed by atoms with Gasteiger partial charge in [-0.25, -0.2) is 0 Å². The molecule has 1 aromatic carbocycles. The monoisotopic (exact) mass is 397 g/mol. The van der Waals surface area contributed by atoms with Crippen molar-refractivity contribution in [2.75, 3.05) is 53.5 Å². The van der Waals surface area contributed by atoms with Crippen molar-refractivity contribution < 1.29 is 14.3 Å². The van der Waals surface area contributed by atoms with Crippen molar-refractivity contribution in [3.8, 4) is 11.5 Å². The second kappa shape index (κ2) is 7.72. The molecule has 0 radical (unpaired) electrons. The van der Waals surface area contributed by atoms with Crippen LogP contribution in [0.3, 0.4) is 0 Å². The first-order chi connectivity index (χ1) is 11.6. The molecule has 6 nitrogen and oxygen atoms in total. The van der Waals surface area contributed by atoms with Gasteiger partial charge in [-0.3, -0.25) is 9.69 Å². The van der Waals surface area contributed by atoms with E-state index in [-0.39, 0.29) is 5.91 Å². The number of piperazine rings is 1. The van der Waals surface area contributed by atoms with Gasteiger partial charge in [-0.15, -0.1) is 0 Å². The van der Waals surface area contributed by atoms with E-state index < -0.39 is 0 Å². The van der Waals surface area contributed by atoms with E-state index in [4.69, 9.17) is 9.47 Å². The number of ether oxygens (including phenoxy) is 2. The highest BCUT2D eigenvalue weighted by atomic mass is 79.9. The van der Waals surface area contributed by atoms with Crippen LogP contribution in [0.5, 0.6) is 11.5 Å². The van der Waals surface area contributed by atoms with Crippen molar-refractivity contribution in [3.63, 3.8) is 0 Å². The van der Waals surface area contributed by atoms with Crippen LogP contribution in [0.1, 0.15) is 16.8 Å². The Morgan fingerprint density at radius 1 is 1.17 bits per heavy atom. The summed E-state index contributed by atoms with van der Waals surface area (Å²) >= 11 is 3.44. The van der Waals surface area contributed by atoms with Crippen molar-refractivity contribution in [1.82, 2.24) is 15.1 Å². The van der Waals surface area contributed by atoms with Crippen molar-refractivity contribution >= 4 is 21.8 Å². The van der Waals surface area contributed by atoms with Gasteiger partial charge in [0.25, 0.3) is 5.91 Å². The van der Waals surface area contributed by atoms with Gasteiger partial charge in [-0.2, -0.15) is 0 Å². The highest BCUT2D eigenvalue weighted by Gasteiger charge is 2.31. The number of halogens is 1. The van der Waals surface area contributed by atoms with E-state index in [1.165, 1.54) is 0 Å². The lowest BCUT2D eigenvalue weighted by atomic mass is 10.1. The second-order valence-corrected chi connectivity index (χ2v) is 6.97. The molecular formula is C17H24BrN3O3. The molecule has 24 heavy (non-hydrogen) atoms. The average molecular weight is 398 g/mol. The van der Waals surface area contributed by atoms with Gasteiger partial charge in [-0.05, 0) is 34.5 Å². The Balaban J connectivity index is 1.73. The van der Waals surface area contributed by atoms with E-state index >= 15 is 0 Å². The number of hydrogen-bond acceptors (Lipinski definition) is 5. The van der Waals surface area contributed by atoms with E-state index in [2.05, 4.69) is 26.1 Å². The second-order valence-electron chi connectivity index (χ2n) is 6.17. The minimum absolute atomic E-state index is 0.0386. The van der Waals surface area contributed by atoms with Crippen LogP contribution in [-0.2, 0) is 0 Å². The van der Waals surface area contributed by atoms with E-state index in [9.17, 15) is 4.79 Å². The molecule has 0 spiro atoms. The molecule has 1 aromatic rings. The lowest BCUT2D eigenvalue weighted by molar-refractivity contribution is 0.0772. The van der Waals surface area contributed by atoms with Gasteiger partial charge in [-0.1, -0.05) is 0 Å². The maximum Gasteiger partial charge on any atom is 0.254 e. The Hall–Kier alpha value is -1.31. The molecule has 0 bridgehead atoms. The molecule has 2 heterocycles. The predicted octanol–water partition coefficient (Wildman–Crippen LogP) is 1.59. The van der Waals surface area contributed by atoms with Crippen LogP contribution < -0.4 is 14.8 Å². The number of amides is 1. The number of rotatable bonds is 4. The predicted molar refractivity (Wildman–Crippen MR) is 96.0 cm³/mol. The van der Waals surface area contributed by atoms with E-state index in [1.54, 1.807) is 26.4 Å². The summed E-state index contributed by atoms with van der Waals surface area (Å²) in [6.07, 6.45) is 1.04. The van der Waals surface area contributed by atoms with E-state index in [0.717, 1.165) is 50.2 Å². The summed E-state index contributed by atoms with van der Waals surface area (Å²) in [6.45, 7) is 5.78.